The van der Waals surface area contributed by atoms with Crippen molar-refractivity contribution in [3.63, 3.8) is 0 Å². The van der Waals surface area contributed by atoms with E-state index in [0.717, 1.165) is 11.5 Å². The van der Waals surface area contributed by atoms with Gasteiger partial charge in [0.25, 0.3) is 0 Å². The third-order valence-electron chi connectivity index (χ3n) is 2.50. The number of nitrogens with one attached hydrogen (secondary N) is 1. The maximum Gasteiger partial charge on any atom is 0.151 e. The van der Waals surface area contributed by atoms with Gasteiger partial charge in [-0.1, -0.05) is 18.2 Å². The predicted molar refractivity (Wildman–Crippen MR) is 72.0 cm³/mol. The first-order chi connectivity index (χ1) is 8.77. The van der Waals surface area contributed by atoms with Gasteiger partial charge in [-0.25, -0.2) is 4.98 Å². The van der Waals surface area contributed by atoms with Gasteiger partial charge in [-0.3, -0.25) is 10.4 Å². The number of para-hydroxylation sites is 1. The molecule has 0 spiro atoms. The third kappa shape index (κ3) is 3.04. The Balaban J connectivity index is 2.26. The minimum atomic E-state index is 0.167. The van der Waals surface area contributed by atoms with Crippen LogP contribution in [0.25, 0.3) is 0 Å². The van der Waals surface area contributed by atoms with Crippen LogP contribution < -0.4 is 10.6 Å². The predicted octanol–water partition coefficient (Wildman–Crippen LogP) is 1.94. The van der Waals surface area contributed by atoms with Crippen LogP contribution in [0.2, 0.25) is 0 Å². The van der Waals surface area contributed by atoms with Crippen molar-refractivity contribution in [1.82, 2.24) is 9.97 Å². The molecule has 0 atom stereocenters. The minimum Gasteiger partial charge on any atom is -0.388 e. The molecule has 5 nitrogen and oxygen atoms in total. The van der Waals surface area contributed by atoms with Crippen LogP contribution in [0.5, 0.6) is 0 Å². The van der Waals surface area contributed by atoms with Gasteiger partial charge in [-0.2, -0.15) is 0 Å². The van der Waals surface area contributed by atoms with Gasteiger partial charge in [-0.05, 0) is 12.1 Å². The summed E-state index contributed by atoms with van der Waals surface area (Å²) in [5.41, 5.74) is 6.43. The highest BCUT2D eigenvalue weighted by atomic mass is 15.2. The Morgan fingerprint density at radius 2 is 2.00 bits per heavy atom. The molecule has 0 unspecified atom stereocenters. The van der Waals surface area contributed by atoms with Gasteiger partial charge < -0.3 is 10.6 Å². The molecule has 0 fully saturated rings. The number of rotatable bonds is 5. The molecule has 92 valence electrons. The molecule has 0 bridgehead atoms. The van der Waals surface area contributed by atoms with E-state index < -0.39 is 0 Å². The Hall–Kier alpha value is -2.43. The van der Waals surface area contributed by atoms with Crippen LogP contribution in [0, 0.1) is 5.41 Å². The molecule has 0 saturated carbocycles. The van der Waals surface area contributed by atoms with Crippen molar-refractivity contribution in [2.24, 2.45) is 5.73 Å². The molecule has 0 radical (unpaired) electrons. The first-order valence-electron chi connectivity index (χ1n) is 5.69. The summed E-state index contributed by atoms with van der Waals surface area (Å²) in [6, 6.07) is 9.88. The smallest absolute Gasteiger partial charge is 0.151 e. The maximum atomic E-state index is 7.33. The number of hydrogen-bond donors (Lipinski definition) is 2. The van der Waals surface area contributed by atoms with Gasteiger partial charge >= 0.3 is 0 Å². The van der Waals surface area contributed by atoms with Crippen LogP contribution in [0.4, 0.5) is 11.5 Å². The summed E-state index contributed by atoms with van der Waals surface area (Å²) in [7, 11) is 0. The maximum absolute atomic E-state index is 7.33. The molecule has 0 amide bonds. The average Bonchev–Trinajstić information content (AvgIpc) is 2.41. The highest BCUT2D eigenvalue weighted by Gasteiger charge is 2.10. The normalized spacial score (nSPS) is 10.0. The van der Waals surface area contributed by atoms with Crippen LogP contribution in [0.1, 0.15) is 6.42 Å². The fourth-order valence-electron chi connectivity index (χ4n) is 1.65. The number of nitrogens with zero attached hydrogens (tertiary/aromatic N) is 3. The number of benzene rings is 1. The Morgan fingerprint density at radius 1 is 1.22 bits per heavy atom. The van der Waals surface area contributed by atoms with E-state index in [4.69, 9.17) is 11.1 Å². The van der Waals surface area contributed by atoms with E-state index in [1.807, 2.05) is 35.2 Å². The van der Waals surface area contributed by atoms with Gasteiger partial charge in [-0.15, -0.1) is 0 Å². The molecule has 0 aliphatic rings. The fourth-order valence-corrected chi connectivity index (χ4v) is 1.65. The zero-order valence-corrected chi connectivity index (χ0v) is 9.95. The molecule has 1 aromatic heterocycles. The van der Waals surface area contributed by atoms with Crippen LogP contribution in [0.15, 0.2) is 48.9 Å². The molecule has 5 heteroatoms. The monoisotopic (exact) mass is 241 g/mol. The average molecular weight is 241 g/mol. The number of amidine groups is 1. The lowest BCUT2D eigenvalue weighted by Crippen LogP contribution is -2.24. The van der Waals surface area contributed by atoms with Crippen LogP contribution in [-0.4, -0.2) is 22.3 Å². The second-order valence-electron chi connectivity index (χ2n) is 3.83. The highest BCUT2D eigenvalue weighted by Crippen LogP contribution is 2.22. The standard InChI is InChI=1S/C13H15N5/c14-12(15)6-9-18(11-4-2-1-3-5-11)13-10-16-7-8-17-13/h1-5,7-8,10H,6,9H2,(H3,14,15). The summed E-state index contributed by atoms with van der Waals surface area (Å²) in [5.74, 6) is 0.921. The van der Waals surface area contributed by atoms with E-state index in [0.29, 0.717) is 13.0 Å². The van der Waals surface area contributed by atoms with Gasteiger partial charge in [0.05, 0.1) is 12.0 Å². The van der Waals surface area contributed by atoms with Crippen molar-refractivity contribution in [2.75, 3.05) is 11.4 Å². The van der Waals surface area contributed by atoms with Crippen LogP contribution >= 0.6 is 0 Å². The summed E-state index contributed by atoms with van der Waals surface area (Å²) in [6.07, 6.45) is 5.48. The van der Waals surface area contributed by atoms with Crippen molar-refractivity contribution in [1.29, 1.82) is 5.41 Å². The van der Waals surface area contributed by atoms with Crippen LogP contribution in [-0.2, 0) is 0 Å². The van der Waals surface area contributed by atoms with Crippen molar-refractivity contribution in [2.45, 2.75) is 6.42 Å². The largest absolute Gasteiger partial charge is 0.388 e. The van der Waals surface area contributed by atoms with E-state index in [1.54, 1.807) is 18.6 Å². The molecule has 0 aliphatic heterocycles. The number of anilines is 2. The first kappa shape index (κ1) is 12.0. The van der Waals surface area contributed by atoms with Gasteiger partial charge in [0.2, 0.25) is 0 Å². The Bertz CT molecular complexity index is 458. The first-order valence-corrected chi connectivity index (χ1v) is 5.69. The Morgan fingerprint density at radius 3 is 2.61 bits per heavy atom. The SMILES string of the molecule is N=C(N)CCN(c1ccccc1)c1cnccn1. The van der Waals surface area contributed by atoms with Crippen molar-refractivity contribution in [3.05, 3.63) is 48.9 Å². The minimum absolute atomic E-state index is 0.167. The Kier molecular flexibility index (Phi) is 3.86. The Labute approximate surface area is 106 Å². The summed E-state index contributed by atoms with van der Waals surface area (Å²) in [5, 5.41) is 7.33. The molecular formula is C13H15N5. The molecule has 2 aromatic rings. The van der Waals surface area contributed by atoms with Crippen molar-refractivity contribution in [3.8, 4) is 0 Å². The van der Waals surface area contributed by atoms with E-state index in [1.165, 1.54) is 0 Å². The van der Waals surface area contributed by atoms with E-state index in [-0.39, 0.29) is 5.84 Å². The van der Waals surface area contributed by atoms with Gasteiger partial charge in [0.1, 0.15) is 0 Å². The molecule has 2 rings (SSSR count). The van der Waals surface area contributed by atoms with Crippen molar-refractivity contribution >= 4 is 17.3 Å². The number of aromatic nitrogens is 2. The van der Waals surface area contributed by atoms with Crippen molar-refractivity contribution < 1.29 is 0 Å². The molecule has 0 aliphatic carbocycles. The molecule has 1 aromatic carbocycles. The molecule has 3 N–H and O–H groups in total. The van der Waals surface area contributed by atoms with E-state index >= 15 is 0 Å². The quantitative estimate of drug-likeness (QED) is 0.619. The summed E-state index contributed by atoms with van der Waals surface area (Å²) in [4.78, 5) is 10.3. The fraction of sp³-hybridized carbons (Fsp3) is 0.154. The summed E-state index contributed by atoms with van der Waals surface area (Å²) in [6.45, 7) is 0.609. The highest BCUT2D eigenvalue weighted by molar-refractivity contribution is 5.78. The summed E-state index contributed by atoms with van der Waals surface area (Å²) < 4.78 is 0. The van der Waals surface area contributed by atoms with E-state index in [2.05, 4.69) is 9.97 Å². The molecular weight excluding hydrogens is 226 g/mol. The second kappa shape index (κ2) is 5.77. The summed E-state index contributed by atoms with van der Waals surface area (Å²) >= 11 is 0. The molecule has 18 heavy (non-hydrogen) atoms. The lowest BCUT2D eigenvalue weighted by Gasteiger charge is -2.23. The van der Waals surface area contributed by atoms with Gasteiger partial charge in [0, 0.05) is 31.0 Å². The number of nitrogens with two attached hydrogens (primary N) is 1. The third-order valence-corrected chi connectivity index (χ3v) is 2.50. The number of hydrogen-bond acceptors (Lipinski definition) is 4. The topological polar surface area (TPSA) is 78.9 Å². The lowest BCUT2D eigenvalue weighted by atomic mass is 10.2. The zero-order chi connectivity index (χ0) is 12.8. The second-order valence-corrected chi connectivity index (χ2v) is 3.83. The zero-order valence-electron chi connectivity index (χ0n) is 9.95. The molecule has 0 saturated heterocycles. The lowest BCUT2D eigenvalue weighted by molar-refractivity contribution is 0.924. The molecule has 1 heterocycles. The van der Waals surface area contributed by atoms with E-state index in [9.17, 15) is 0 Å². The van der Waals surface area contributed by atoms with Crippen LogP contribution in [0.3, 0.4) is 0 Å². The van der Waals surface area contributed by atoms with Gasteiger partial charge in [0.15, 0.2) is 5.82 Å².